The third-order valence-electron chi connectivity index (χ3n) is 4.31. The molecule has 0 bridgehead atoms. The van der Waals surface area contributed by atoms with Crippen LogP contribution in [0.4, 0.5) is 0 Å². The molecule has 2 aromatic heterocycles. The second-order valence-corrected chi connectivity index (χ2v) is 5.76. The molecule has 0 spiro atoms. The second-order valence-electron chi connectivity index (χ2n) is 5.76. The molecule has 0 atom stereocenters. The predicted molar refractivity (Wildman–Crippen MR) is 85.1 cm³/mol. The summed E-state index contributed by atoms with van der Waals surface area (Å²) in [7, 11) is 1.70. The molecule has 0 saturated heterocycles. The van der Waals surface area contributed by atoms with E-state index in [2.05, 4.69) is 10.1 Å². The molecule has 1 aromatic carbocycles. The van der Waals surface area contributed by atoms with E-state index in [1.54, 1.807) is 18.1 Å². The molecule has 6 heteroatoms. The highest BCUT2D eigenvalue weighted by Gasteiger charge is 2.27. The first-order valence-electron chi connectivity index (χ1n) is 7.51. The normalized spacial score (nSPS) is 14.0. The molecule has 0 aliphatic carbocycles. The summed E-state index contributed by atoms with van der Waals surface area (Å²) in [5, 5.41) is 15.2. The summed E-state index contributed by atoms with van der Waals surface area (Å²) in [6, 6.07) is 9.36. The van der Waals surface area contributed by atoms with Crippen molar-refractivity contribution in [3.05, 3.63) is 53.3 Å². The summed E-state index contributed by atoms with van der Waals surface area (Å²) in [6.07, 6.45) is 2.36. The molecule has 0 fully saturated rings. The number of fused-ring (bicyclic) bond motifs is 2. The first-order valence-corrected chi connectivity index (χ1v) is 7.51. The van der Waals surface area contributed by atoms with Gasteiger partial charge in [-0.3, -0.25) is 9.78 Å². The Morgan fingerprint density at radius 3 is 3.04 bits per heavy atom. The number of aromatic nitrogens is 3. The van der Waals surface area contributed by atoms with Crippen molar-refractivity contribution in [3.8, 4) is 5.88 Å². The van der Waals surface area contributed by atoms with Crippen LogP contribution in [0.1, 0.15) is 21.6 Å². The summed E-state index contributed by atoms with van der Waals surface area (Å²) in [5.41, 5.74) is 3.14. The van der Waals surface area contributed by atoms with Crippen molar-refractivity contribution in [2.45, 2.75) is 13.0 Å². The maximum Gasteiger partial charge on any atom is 0.254 e. The van der Waals surface area contributed by atoms with Crippen LogP contribution in [0.3, 0.4) is 0 Å². The third-order valence-corrected chi connectivity index (χ3v) is 4.31. The van der Waals surface area contributed by atoms with Crippen LogP contribution >= 0.6 is 0 Å². The first-order chi connectivity index (χ1) is 11.1. The minimum Gasteiger partial charge on any atom is -0.493 e. The van der Waals surface area contributed by atoms with Crippen molar-refractivity contribution >= 4 is 16.8 Å². The number of hydrogen-bond acceptors (Lipinski definition) is 4. The molecule has 3 aromatic rings. The summed E-state index contributed by atoms with van der Waals surface area (Å²) in [4.78, 5) is 18.8. The Morgan fingerprint density at radius 1 is 1.30 bits per heavy atom. The SMILES string of the molecule is Cn1nc2c(c1O)CCN(C(=O)c1ccc3ncccc3c1)C2. The highest BCUT2D eigenvalue weighted by atomic mass is 16.3. The Hall–Kier alpha value is -2.89. The van der Waals surface area contributed by atoms with Gasteiger partial charge in [0.15, 0.2) is 0 Å². The van der Waals surface area contributed by atoms with Crippen molar-refractivity contribution in [2.75, 3.05) is 6.54 Å². The van der Waals surface area contributed by atoms with Crippen molar-refractivity contribution in [1.29, 1.82) is 0 Å². The Labute approximate surface area is 133 Å². The lowest BCUT2D eigenvalue weighted by atomic mass is 10.1. The van der Waals surface area contributed by atoms with Crippen LogP contribution in [0.5, 0.6) is 5.88 Å². The molecular formula is C17H16N4O2. The Bertz CT molecular complexity index is 916. The lowest BCUT2D eigenvalue weighted by Crippen LogP contribution is -2.35. The fraction of sp³-hybridized carbons (Fsp3) is 0.235. The third kappa shape index (κ3) is 2.23. The number of aromatic hydroxyl groups is 1. The average molecular weight is 308 g/mol. The number of carbonyl (C=O) groups is 1. The van der Waals surface area contributed by atoms with Gasteiger partial charge in [-0.2, -0.15) is 5.10 Å². The minimum atomic E-state index is -0.0217. The highest BCUT2D eigenvalue weighted by molar-refractivity contribution is 5.98. The van der Waals surface area contributed by atoms with Gasteiger partial charge in [0.25, 0.3) is 5.91 Å². The van der Waals surface area contributed by atoms with E-state index in [0.717, 1.165) is 22.2 Å². The lowest BCUT2D eigenvalue weighted by molar-refractivity contribution is 0.0732. The molecule has 23 heavy (non-hydrogen) atoms. The van der Waals surface area contributed by atoms with E-state index < -0.39 is 0 Å². The van der Waals surface area contributed by atoms with Crippen molar-refractivity contribution in [2.24, 2.45) is 7.05 Å². The number of rotatable bonds is 1. The van der Waals surface area contributed by atoms with Crippen LogP contribution in [0, 0.1) is 0 Å². The van der Waals surface area contributed by atoms with E-state index in [1.165, 1.54) is 4.68 Å². The zero-order valence-electron chi connectivity index (χ0n) is 12.7. The van der Waals surface area contributed by atoms with Crippen molar-refractivity contribution in [3.63, 3.8) is 0 Å². The number of benzene rings is 1. The average Bonchev–Trinajstić information content (AvgIpc) is 2.87. The Balaban J connectivity index is 1.63. The monoisotopic (exact) mass is 308 g/mol. The van der Waals surface area contributed by atoms with Crippen molar-refractivity contribution < 1.29 is 9.90 Å². The van der Waals surface area contributed by atoms with Gasteiger partial charge in [0.05, 0.1) is 17.8 Å². The van der Waals surface area contributed by atoms with Gasteiger partial charge in [0.2, 0.25) is 5.88 Å². The zero-order valence-corrected chi connectivity index (χ0v) is 12.7. The van der Waals surface area contributed by atoms with Gasteiger partial charge >= 0.3 is 0 Å². The van der Waals surface area contributed by atoms with Crippen LogP contribution in [0.2, 0.25) is 0 Å². The smallest absolute Gasteiger partial charge is 0.254 e. The number of nitrogens with zero attached hydrogens (tertiary/aromatic N) is 4. The molecule has 1 N–H and O–H groups in total. The molecule has 1 amide bonds. The van der Waals surface area contributed by atoms with Gasteiger partial charge in [-0.25, -0.2) is 4.68 Å². The van der Waals surface area contributed by atoms with Crippen LogP contribution in [0.15, 0.2) is 36.5 Å². The predicted octanol–water partition coefficient (Wildman–Crippen LogP) is 1.87. The highest BCUT2D eigenvalue weighted by Crippen LogP contribution is 2.27. The van der Waals surface area contributed by atoms with E-state index in [0.29, 0.717) is 25.1 Å². The van der Waals surface area contributed by atoms with Gasteiger partial charge in [0, 0.05) is 36.3 Å². The van der Waals surface area contributed by atoms with Crippen LogP contribution in [0.25, 0.3) is 10.9 Å². The van der Waals surface area contributed by atoms with Crippen LogP contribution < -0.4 is 0 Å². The molecule has 0 radical (unpaired) electrons. The minimum absolute atomic E-state index is 0.0217. The van der Waals surface area contributed by atoms with Gasteiger partial charge in [-0.05, 0) is 30.7 Å². The Kier molecular flexibility index (Phi) is 3.04. The van der Waals surface area contributed by atoms with E-state index >= 15 is 0 Å². The maximum absolute atomic E-state index is 12.8. The number of pyridine rings is 1. The maximum atomic E-state index is 12.8. The van der Waals surface area contributed by atoms with Crippen LogP contribution in [-0.4, -0.2) is 37.2 Å². The fourth-order valence-electron chi connectivity index (χ4n) is 3.07. The van der Waals surface area contributed by atoms with Crippen molar-refractivity contribution in [1.82, 2.24) is 19.7 Å². The number of hydrogen-bond donors (Lipinski definition) is 1. The van der Waals surface area contributed by atoms with Gasteiger partial charge in [-0.15, -0.1) is 0 Å². The van der Waals surface area contributed by atoms with Gasteiger partial charge in [0.1, 0.15) is 0 Å². The zero-order chi connectivity index (χ0) is 16.0. The summed E-state index contributed by atoms with van der Waals surface area (Å²) in [5.74, 6) is 0.176. The van der Waals surface area contributed by atoms with E-state index in [-0.39, 0.29) is 11.8 Å². The summed E-state index contributed by atoms with van der Waals surface area (Å²) >= 11 is 0. The standard InChI is InChI=1S/C17H16N4O2/c1-20-17(23)13-6-8-21(10-15(13)19-20)16(22)12-4-5-14-11(9-12)3-2-7-18-14/h2-5,7,9,23H,6,8,10H2,1H3. The number of aryl methyl sites for hydroxylation is 1. The van der Waals surface area contributed by atoms with E-state index in [9.17, 15) is 9.90 Å². The summed E-state index contributed by atoms with van der Waals surface area (Å²) in [6.45, 7) is 1.00. The fourth-order valence-corrected chi connectivity index (χ4v) is 3.07. The quantitative estimate of drug-likeness (QED) is 0.745. The van der Waals surface area contributed by atoms with Gasteiger partial charge in [-0.1, -0.05) is 6.07 Å². The molecule has 0 unspecified atom stereocenters. The van der Waals surface area contributed by atoms with Gasteiger partial charge < -0.3 is 10.0 Å². The number of carbonyl (C=O) groups excluding carboxylic acids is 1. The topological polar surface area (TPSA) is 71.2 Å². The second kappa shape index (κ2) is 5.08. The number of amides is 1. The lowest BCUT2D eigenvalue weighted by Gasteiger charge is -2.26. The molecule has 4 rings (SSSR count). The Morgan fingerprint density at radius 2 is 2.17 bits per heavy atom. The van der Waals surface area contributed by atoms with E-state index in [1.807, 2.05) is 30.3 Å². The van der Waals surface area contributed by atoms with Crippen LogP contribution in [-0.2, 0) is 20.0 Å². The summed E-state index contributed by atoms with van der Waals surface area (Å²) < 4.78 is 1.46. The molecule has 6 nitrogen and oxygen atoms in total. The first kappa shape index (κ1) is 13.8. The molecule has 116 valence electrons. The molecular weight excluding hydrogens is 292 g/mol. The molecule has 1 aliphatic heterocycles. The van der Waals surface area contributed by atoms with E-state index in [4.69, 9.17) is 0 Å². The largest absolute Gasteiger partial charge is 0.493 e. The molecule has 3 heterocycles. The molecule has 0 saturated carbocycles. The molecule has 1 aliphatic rings.